The van der Waals surface area contributed by atoms with Crippen molar-refractivity contribution in [2.75, 3.05) is 19.6 Å². The lowest BCUT2D eigenvalue weighted by atomic mass is 10.1. The summed E-state index contributed by atoms with van der Waals surface area (Å²) in [5.41, 5.74) is 1.98. The van der Waals surface area contributed by atoms with E-state index in [0.717, 1.165) is 31.7 Å². The van der Waals surface area contributed by atoms with Gasteiger partial charge in [-0.25, -0.2) is 0 Å². The highest BCUT2D eigenvalue weighted by Crippen LogP contribution is 2.11. The second-order valence-electron chi connectivity index (χ2n) is 4.34. The van der Waals surface area contributed by atoms with Gasteiger partial charge in [-0.2, -0.15) is 5.26 Å². The molecule has 3 nitrogen and oxygen atoms in total. The number of hydrogen-bond acceptors (Lipinski definition) is 3. The highest BCUT2D eigenvalue weighted by atomic mass is 15.2. The third-order valence-electron chi connectivity index (χ3n) is 3.08. The number of nitriles is 1. The first-order chi connectivity index (χ1) is 7.79. The van der Waals surface area contributed by atoms with Gasteiger partial charge < -0.3 is 5.32 Å². The molecule has 0 saturated carbocycles. The Morgan fingerprint density at radius 3 is 3.19 bits per heavy atom. The molecule has 0 aliphatic carbocycles. The summed E-state index contributed by atoms with van der Waals surface area (Å²) >= 11 is 0. The van der Waals surface area contributed by atoms with E-state index in [1.807, 2.05) is 18.2 Å². The van der Waals surface area contributed by atoms with Crippen LogP contribution in [-0.4, -0.2) is 30.6 Å². The van der Waals surface area contributed by atoms with Crippen LogP contribution in [-0.2, 0) is 6.54 Å². The van der Waals surface area contributed by atoms with E-state index in [2.05, 4.69) is 29.3 Å². The van der Waals surface area contributed by atoms with E-state index in [1.165, 1.54) is 5.56 Å². The highest BCUT2D eigenvalue weighted by molar-refractivity contribution is 5.32. The summed E-state index contributed by atoms with van der Waals surface area (Å²) in [6.07, 6.45) is 0. The maximum Gasteiger partial charge on any atom is 0.0991 e. The fraction of sp³-hybridized carbons (Fsp3) is 0.462. The second-order valence-corrected chi connectivity index (χ2v) is 4.34. The van der Waals surface area contributed by atoms with Gasteiger partial charge in [0, 0.05) is 32.2 Å². The minimum absolute atomic E-state index is 0.569. The molecule has 0 radical (unpaired) electrons. The zero-order chi connectivity index (χ0) is 11.4. The lowest BCUT2D eigenvalue weighted by molar-refractivity contribution is 0.165. The van der Waals surface area contributed by atoms with Gasteiger partial charge in [0.1, 0.15) is 0 Å². The lowest BCUT2D eigenvalue weighted by Gasteiger charge is -2.33. The Balaban J connectivity index is 2.05. The van der Waals surface area contributed by atoms with Gasteiger partial charge in [0.05, 0.1) is 11.6 Å². The van der Waals surface area contributed by atoms with Crippen LogP contribution in [0, 0.1) is 11.3 Å². The Hall–Kier alpha value is -1.37. The molecule has 0 spiro atoms. The molecule has 16 heavy (non-hydrogen) atoms. The van der Waals surface area contributed by atoms with Crippen LogP contribution in [0.2, 0.25) is 0 Å². The van der Waals surface area contributed by atoms with E-state index in [-0.39, 0.29) is 0 Å². The van der Waals surface area contributed by atoms with Crippen LogP contribution in [0.15, 0.2) is 24.3 Å². The van der Waals surface area contributed by atoms with Gasteiger partial charge in [0.2, 0.25) is 0 Å². The van der Waals surface area contributed by atoms with Gasteiger partial charge in [-0.15, -0.1) is 0 Å². The first-order valence-electron chi connectivity index (χ1n) is 5.73. The van der Waals surface area contributed by atoms with Crippen molar-refractivity contribution in [3.05, 3.63) is 35.4 Å². The molecule has 0 unspecified atom stereocenters. The van der Waals surface area contributed by atoms with Crippen LogP contribution in [0.5, 0.6) is 0 Å². The van der Waals surface area contributed by atoms with Crippen LogP contribution < -0.4 is 5.32 Å². The number of hydrogen-bond donors (Lipinski definition) is 1. The maximum absolute atomic E-state index is 8.85. The van der Waals surface area contributed by atoms with Crippen molar-refractivity contribution in [1.29, 1.82) is 5.26 Å². The van der Waals surface area contributed by atoms with Crippen molar-refractivity contribution >= 4 is 0 Å². The summed E-state index contributed by atoms with van der Waals surface area (Å²) in [6, 6.07) is 10.6. The number of piperazine rings is 1. The normalized spacial score (nSPS) is 21.6. The molecule has 1 N–H and O–H groups in total. The van der Waals surface area contributed by atoms with E-state index < -0.39 is 0 Å². The molecule has 1 heterocycles. The SMILES string of the molecule is C[C@@H]1CNCCN1Cc1cccc(C#N)c1. The van der Waals surface area contributed by atoms with Crippen molar-refractivity contribution in [2.24, 2.45) is 0 Å². The molecule has 0 amide bonds. The van der Waals surface area contributed by atoms with Crippen molar-refractivity contribution in [3.8, 4) is 6.07 Å². The molecule has 1 aromatic rings. The van der Waals surface area contributed by atoms with Crippen molar-refractivity contribution in [1.82, 2.24) is 10.2 Å². The zero-order valence-electron chi connectivity index (χ0n) is 9.61. The Kier molecular flexibility index (Phi) is 3.55. The molecule has 1 aromatic carbocycles. The topological polar surface area (TPSA) is 39.1 Å². The third-order valence-corrected chi connectivity index (χ3v) is 3.08. The predicted octanol–water partition coefficient (Wildman–Crippen LogP) is 1.35. The van der Waals surface area contributed by atoms with Crippen LogP contribution in [0.25, 0.3) is 0 Å². The summed E-state index contributed by atoms with van der Waals surface area (Å²) in [4.78, 5) is 2.45. The minimum Gasteiger partial charge on any atom is -0.314 e. The molecule has 1 saturated heterocycles. The molecular weight excluding hydrogens is 198 g/mol. The molecule has 84 valence electrons. The number of nitrogens with one attached hydrogen (secondary N) is 1. The number of rotatable bonds is 2. The molecule has 1 aliphatic heterocycles. The van der Waals surface area contributed by atoms with E-state index in [1.54, 1.807) is 0 Å². The summed E-state index contributed by atoms with van der Waals surface area (Å²) < 4.78 is 0. The summed E-state index contributed by atoms with van der Waals surface area (Å²) in [5, 5.41) is 12.2. The van der Waals surface area contributed by atoms with E-state index in [9.17, 15) is 0 Å². The quantitative estimate of drug-likeness (QED) is 0.809. The third kappa shape index (κ3) is 2.60. The average Bonchev–Trinajstić information content (AvgIpc) is 2.32. The number of benzene rings is 1. The summed E-state index contributed by atoms with van der Waals surface area (Å²) in [6.45, 7) is 6.37. The van der Waals surface area contributed by atoms with Crippen LogP contribution in [0.3, 0.4) is 0 Å². The molecule has 1 aliphatic rings. The predicted molar refractivity (Wildman–Crippen MR) is 63.9 cm³/mol. The van der Waals surface area contributed by atoms with E-state index in [4.69, 9.17) is 5.26 Å². The monoisotopic (exact) mass is 215 g/mol. The Morgan fingerprint density at radius 2 is 2.44 bits per heavy atom. The smallest absolute Gasteiger partial charge is 0.0991 e. The first kappa shape index (κ1) is 11.1. The molecule has 2 rings (SSSR count). The summed E-state index contributed by atoms with van der Waals surface area (Å²) in [5.74, 6) is 0. The van der Waals surface area contributed by atoms with E-state index >= 15 is 0 Å². The Labute approximate surface area is 96.7 Å². The standard InChI is InChI=1S/C13H17N3/c1-11-9-15-5-6-16(11)10-13-4-2-3-12(7-13)8-14/h2-4,7,11,15H,5-6,9-10H2,1H3/t11-/m1/s1. The molecular formula is C13H17N3. The van der Waals surface area contributed by atoms with Gasteiger partial charge in [-0.05, 0) is 24.6 Å². The van der Waals surface area contributed by atoms with Gasteiger partial charge >= 0.3 is 0 Å². The van der Waals surface area contributed by atoms with Crippen molar-refractivity contribution < 1.29 is 0 Å². The molecule has 0 bridgehead atoms. The van der Waals surface area contributed by atoms with Gasteiger partial charge in [0.15, 0.2) is 0 Å². The van der Waals surface area contributed by atoms with E-state index in [0.29, 0.717) is 6.04 Å². The lowest BCUT2D eigenvalue weighted by Crippen LogP contribution is -2.49. The largest absolute Gasteiger partial charge is 0.314 e. The molecule has 0 aromatic heterocycles. The van der Waals surface area contributed by atoms with Gasteiger partial charge in [-0.3, -0.25) is 4.90 Å². The van der Waals surface area contributed by atoms with Crippen LogP contribution in [0.1, 0.15) is 18.1 Å². The Morgan fingerprint density at radius 1 is 1.56 bits per heavy atom. The highest BCUT2D eigenvalue weighted by Gasteiger charge is 2.17. The maximum atomic E-state index is 8.85. The fourth-order valence-corrected chi connectivity index (χ4v) is 2.09. The second kappa shape index (κ2) is 5.11. The molecule has 1 fully saturated rings. The fourth-order valence-electron chi connectivity index (χ4n) is 2.09. The first-order valence-corrected chi connectivity index (χ1v) is 5.73. The van der Waals surface area contributed by atoms with Gasteiger partial charge in [0.25, 0.3) is 0 Å². The van der Waals surface area contributed by atoms with Crippen molar-refractivity contribution in [3.63, 3.8) is 0 Å². The molecule has 1 atom stereocenters. The minimum atomic E-state index is 0.569. The van der Waals surface area contributed by atoms with Crippen molar-refractivity contribution in [2.45, 2.75) is 19.5 Å². The average molecular weight is 215 g/mol. The zero-order valence-corrected chi connectivity index (χ0v) is 9.61. The van der Waals surface area contributed by atoms with Crippen LogP contribution in [0.4, 0.5) is 0 Å². The van der Waals surface area contributed by atoms with Crippen LogP contribution >= 0.6 is 0 Å². The Bertz CT molecular complexity index is 394. The van der Waals surface area contributed by atoms with Gasteiger partial charge in [-0.1, -0.05) is 12.1 Å². The summed E-state index contributed by atoms with van der Waals surface area (Å²) in [7, 11) is 0. The number of nitrogens with zero attached hydrogens (tertiary/aromatic N) is 2. The molecule has 3 heteroatoms.